The van der Waals surface area contributed by atoms with Crippen molar-refractivity contribution in [2.75, 3.05) is 65.9 Å². The Morgan fingerprint density at radius 1 is 0.417 bits per heavy atom. The van der Waals surface area contributed by atoms with E-state index < -0.39 is 35.9 Å². The van der Waals surface area contributed by atoms with Crippen molar-refractivity contribution in [1.82, 2.24) is 21.3 Å². The maximum absolute atomic E-state index is 12.3. The molecule has 0 aromatic carbocycles. The maximum Gasteiger partial charge on any atom is 0.326 e. The summed E-state index contributed by atoms with van der Waals surface area (Å²) in [5.41, 5.74) is -0.349. The van der Waals surface area contributed by atoms with Gasteiger partial charge in [-0.3, -0.25) is 28.8 Å². The van der Waals surface area contributed by atoms with E-state index in [2.05, 4.69) is 21.3 Å². The Kier molecular flexibility index (Phi) is 36.3. The number of nitrogens with one attached hydrogen (secondary N) is 4. The van der Waals surface area contributed by atoms with Crippen molar-refractivity contribution >= 4 is 55.1 Å². The Labute approximate surface area is 354 Å². The maximum atomic E-state index is 12.3. The lowest BCUT2D eigenvalue weighted by Gasteiger charge is -2.15. The summed E-state index contributed by atoms with van der Waals surface area (Å²) in [4.78, 5) is 92.6. The van der Waals surface area contributed by atoms with Crippen LogP contribution < -0.4 is 21.3 Å². The number of ether oxygens (including phenoxy) is 4. The predicted octanol–water partition coefficient (Wildman–Crippen LogP) is 1.47. The molecule has 7 N–H and O–H groups in total. The van der Waals surface area contributed by atoms with Crippen molar-refractivity contribution < 1.29 is 72.6 Å². The Morgan fingerprint density at radius 2 is 0.817 bits per heavy atom. The summed E-state index contributed by atoms with van der Waals surface area (Å²) in [5, 5.41) is 37.1. The molecule has 0 fully saturated rings. The van der Waals surface area contributed by atoms with Crippen LogP contribution in [-0.4, -0.2) is 148 Å². The number of hydrogen-bond acceptors (Lipinski definition) is 12. The van der Waals surface area contributed by atoms with Crippen molar-refractivity contribution in [3.63, 3.8) is 0 Å². The van der Waals surface area contributed by atoms with Gasteiger partial charge >= 0.3 is 17.9 Å². The number of carboxylic acid groups (broad SMARTS) is 3. The molecule has 0 heterocycles. The van der Waals surface area contributed by atoms with Crippen LogP contribution in [0.3, 0.4) is 0 Å². The zero-order valence-corrected chi connectivity index (χ0v) is 35.6. The standard InChI is InChI=1S/C40H71BN4O15/c41-39(54)31(18-20-38(52)53)44-36(49)30-60-28-26-58-24-22-43-35(48)29-59-27-25-57-23-21-42-33(46)19-17-32(40(55)56)45-34(47)15-13-11-9-7-5-3-1-2-4-6-8-10-12-14-16-37(50)51/h31-32H,1-30,41H2,(H,42,46)(H,43,48)(H,44,49)(H,45,47)(H,50,51)(H,52,53)(H,55,56)/t31?,32-/m0/s1. The third-order valence-electron chi connectivity index (χ3n) is 9.16. The highest BCUT2D eigenvalue weighted by atomic mass is 16.5. The van der Waals surface area contributed by atoms with Crippen LogP contribution in [-0.2, 0) is 57.3 Å². The van der Waals surface area contributed by atoms with Crippen molar-refractivity contribution in [2.24, 2.45) is 0 Å². The summed E-state index contributed by atoms with van der Waals surface area (Å²) in [6.45, 7) is 0.813. The van der Waals surface area contributed by atoms with E-state index in [1.165, 1.54) is 46.4 Å². The number of carbonyl (C=O) groups excluding carboxylic acids is 5. The highest BCUT2D eigenvalue weighted by Gasteiger charge is 2.21. The van der Waals surface area contributed by atoms with E-state index in [0.29, 0.717) is 6.42 Å². The van der Waals surface area contributed by atoms with E-state index >= 15 is 0 Å². The molecule has 20 heteroatoms. The lowest BCUT2D eigenvalue weighted by Crippen LogP contribution is -2.43. The van der Waals surface area contributed by atoms with E-state index in [9.17, 15) is 43.5 Å². The SMILES string of the molecule is BC(=O)C(CCC(=O)O)NC(=O)COCCOCCNC(=O)COCCOCCNC(=O)CC[C@H](NC(=O)CCCCCCCCCCCCCCCCC(=O)O)C(=O)O. The molecule has 2 atom stereocenters. The first-order valence-electron chi connectivity index (χ1n) is 21.4. The fourth-order valence-corrected chi connectivity index (χ4v) is 5.80. The second-order valence-corrected chi connectivity index (χ2v) is 14.5. The van der Waals surface area contributed by atoms with Gasteiger partial charge in [0.05, 0.1) is 45.7 Å². The van der Waals surface area contributed by atoms with E-state index in [1.807, 2.05) is 0 Å². The quantitative estimate of drug-likeness (QED) is 0.0338. The van der Waals surface area contributed by atoms with Crippen LogP contribution in [0.4, 0.5) is 0 Å². The van der Waals surface area contributed by atoms with Crippen molar-refractivity contribution in [2.45, 2.75) is 141 Å². The minimum Gasteiger partial charge on any atom is -0.481 e. The molecule has 0 aromatic rings. The molecule has 4 amide bonds. The van der Waals surface area contributed by atoms with Gasteiger partial charge in [-0.15, -0.1) is 0 Å². The highest BCUT2D eigenvalue weighted by molar-refractivity contribution is 6.59. The molecule has 60 heavy (non-hydrogen) atoms. The molecule has 0 saturated heterocycles. The molecule has 0 radical (unpaired) electrons. The minimum atomic E-state index is -1.20. The first-order chi connectivity index (χ1) is 28.8. The third-order valence-corrected chi connectivity index (χ3v) is 9.16. The number of unbranched alkanes of at least 4 members (excludes halogenated alkanes) is 13. The number of hydrogen-bond donors (Lipinski definition) is 7. The van der Waals surface area contributed by atoms with Crippen molar-refractivity contribution in [1.29, 1.82) is 0 Å². The minimum absolute atomic E-state index is 0.00865. The summed E-state index contributed by atoms with van der Waals surface area (Å²) < 4.78 is 21.1. The average Bonchev–Trinajstić information content (AvgIpc) is 3.19. The van der Waals surface area contributed by atoms with Gasteiger partial charge < -0.3 is 60.3 Å². The van der Waals surface area contributed by atoms with Crippen LogP contribution in [0, 0.1) is 0 Å². The van der Waals surface area contributed by atoms with E-state index in [-0.39, 0.29) is 128 Å². The van der Waals surface area contributed by atoms with Gasteiger partial charge in [0.15, 0.2) is 7.85 Å². The summed E-state index contributed by atoms with van der Waals surface area (Å²) in [5.74, 6) is -4.60. The normalized spacial score (nSPS) is 11.9. The smallest absolute Gasteiger partial charge is 0.326 e. The van der Waals surface area contributed by atoms with Gasteiger partial charge in [0, 0.05) is 38.8 Å². The zero-order valence-electron chi connectivity index (χ0n) is 35.6. The molecular formula is C40H71BN4O15. The lowest BCUT2D eigenvalue weighted by atomic mass is 9.92. The Balaban J connectivity index is 3.72. The number of aliphatic carboxylic acids is 3. The molecule has 0 aliphatic heterocycles. The van der Waals surface area contributed by atoms with Crippen LogP contribution in [0.5, 0.6) is 0 Å². The molecule has 0 aromatic heterocycles. The van der Waals surface area contributed by atoms with Gasteiger partial charge in [0.25, 0.3) is 0 Å². The number of carboxylic acids is 3. The number of rotatable bonds is 43. The van der Waals surface area contributed by atoms with Crippen molar-refractivity contribution in [3.05, 3.63) is 0 Å². The monoisotopic (exact) mass is 859 g/mol. The van der Waals surface area contributed by atoms with Crippen LogP contribution in [0.15, 0.2) is 0 Å². The number of carbonyl (C=O) groups is 8. The van der Waals surface area contributed by atoms with Crippen LogP contribution >= 0.6 is 0 Å². The van der Waals surface area contributed by atoms with E-state index in [4.69, 9.17) is 29.2 Å². The lowest BCUT2D eigenvalue weighted by molar-refractivity contribution is -0.142. The summed E-state index contributed by atoms with van der Waals surface area (Å²) >= 11 is 0. The zero-order chi connectivity index (χ0) is 44.6. The van der Waals surface area contributed by atoms with Gasteiger partial charge in [-0.1, -0.05) is 77.0 Å². The molecule has 1 unspecified atom stereocenters. The van der Waals surface area contributed by atoms with Crippen LogP contribution in [0.2, 0.25) is 0 Å². The fraction of sp³-hybridized carbons (Fsp3) is 0.800. The van der Waals surface area contributed by atoms with Gasteiger partial charge in [0.1, 0.15) is 24.9 Å². The summed E-state index contributed by atoms with van der Waals surface area (Å²) in [6, 6.07) is -2.04. The van der Waals surface area contributed by atoms with Gasteiger partial charge in [-0.25, -0.2) is 4.79 Å². The number of amides is 4. The van der Waals surface area contributed by atoms with Gasteiger partial charge in [0.2, 0.25) is 23.6 Å². The third kappa shape index (κ3) is 38.1. The molecule has 0 rings (SSSR count). The fourth-order valence-electron chi connectivity index (χ4n) is 5.80. The summed E-state index contributed by atoms with van der Waals surface area (Å²) in [6.07, 6.45) is 15.1. The van der Waals surface area contributed by atoms with E-state index in [0.717, 1.165) is 44.9 Å². The van der Waals surface area contributed by atoms with Crippen LogP contribution in [0.1, 0.15) is 128 Å². The molecule has 19 nitrogen and oxygen atoms in total. The Hall–Kier alpha value is -4.14. The van der Waals surface area contributed by atoms with Crippen molar-refractivity contribution in [3.8, 4) is 0 Å². The van der Waals surface area contributed by atoms with E-state index in [1.54, 1.807) is 0 Å². The largest absolute Gasteiger partial charge is 0.481 e. The highest BCUT2D eigenvalue weighted by Crippen LogP contribution is 2.14. The second kappa shape index (κ2) is 39.0. The molecule has 344 valence electrons. The molecular weight excluding hydrogens is 787 g/mol. The molecule has 0 spiro atoms. The van der Waals surface area contributed by atoms with Gasteiger partial charge in [-0.05, 0) is 25.7 Å². The van der Waals surface area contributed by atoms with Gasteiger partial charge in [-0.2, -0.15) is 0 Å². The molecule has 0 aliphatic rings. The first kappa shape index (κ1) is 55.9. The first-order valence-corrected chi connectivity index (χ1v) is 21.4. The predicted molar refractivity (Wildman–Crippen MR) is 222 cm³/mol. The summed E-state index contributed by atoms with van der Waals surface area (Å²) in [7, 11) is 1.26. The Bertz CT molecular complexity index is 1240. The van der Waals surface area contributed by atoms with Crippen LogP contribution in [0.25, 0.3) is 0 Å². The molecule has 0 bridgehead atoms. The molecule has 0 saturated carbocycles. The Morgan fingerprint density at radius 3 is 1.28 bits per heavy atom. The second-order valence-electron chi connectivity index (χ2n) is 14.5. The average molecular weight is 859 g/mol. The molecule has 0 aliphatic carbocycles. The topological polar surface area (TPSA) is 282 Å².